The summed E-state index contributed by atoms with van der Waals surface area (Å²) in [6, 6.07) is 7.69. The number of carbonyl (C=O) groups excluding carboxylic acids is 1. The lowest BCUT2D eigenvalue weighted by molar-refractivity contribution is -0.117. The van der Waals surface area contributed by atoms with Gasteiger partial charge in [0, 0.05) is 29.3 Å². The molecule has 0 radical (unpaired) electrons. The molecule has 0 aliphatic carbocycles. The van der Waals surface area contributed by atoms with Crippen molar-refractivity contribution < 1.29 is 4.79 Å². The van der Waals surface area contributed by atoms with Crippen LogP contribution in [0.4, 0.5) is 11.4 Å². The molecular formula is C16H19N3OS. The van der Waals surface area contributed by atoms with Gasteiger partial charge < -0.3 is 11.1 Å². The molecule has 0 fully saturated rings. The van der Waals surface area contributed by atoms with Crippen molar-refractivity contribution in [1.82, 2.24) is 4.90 Å². The molecule has 0 saturated heterocycles. The number of rotatable bonds is 3. The Morgan fingerprint density at radius 1 is 1.43 bits per heavy atom. The van der Waals surface area contributed by atoms with Crippen molar-refractivity contribution >= 4 is 28.6 Å². The van der Waals surface area contributed by atoms with E-state index in [2.05, 4.69) is 21.7 Å². The van der Waals surface area contributed by atoms with Crippen molar-refractivity contribution in [2.75, 3.05) is 24.1 Å². The second-order valence-electron chi connectivity index (χ2n) is 5.45. The lowest BCUT2D eigenvalue weighted by Gasteiger charge is -2.26. The molecule has 1 aromatic carbocycles. The highest BCUT2D eigenvalue weighted by atomic mass is 32.1. The van der Waals surface area contributed by atoms with Gasteiger partial charge >= 0.3 is 0 Å². The highest BCUT2D eigenvalue weighted by Gasteiger charge is 2.19. The number of hydrogen-bond acceptors (Lipinski definition) is 4. The van der Waals surface area contributed by atoms with E-state index in [9.17, 15) is 4.79 Å². The Labute approximate surface area is 128 Å². The molecule has 1 amide bonds. The van der Waals surface area contributed by atoms with Crippen molar-refractivity contribution in [2.24, 2.45) is 0 Å². The minimum atomic E-state index is 0.0292. The summed E-state index contributed by atoms with van der Waals surface area (Å²) in [7, 11) is 0. The Morgan fingerprint density at radius 2 is 2.29 bits per heavy atom. The molecule has 110 valence electrons. The van der Waals surface area contributed by atoms with E-state index in [-0.39, 0.29) is 5.91 Å². The molecule has 0 atom stereocenters. The van der Waals surface area contributed by atoms with E-state index in [1.165, 1.54) is 10.4 Å². The molecule has 2 heterocycles. The highest BCUT2D eigenvalue weighted by Crippen LogP contribution is 2.24. The quantitative estimate of drug-likeness (QED) is 0.857. The zero-order valence-electron chi connectivity index (χ0n) is 12.1. The van der Waals surface area contributed by atoms with Crippen LogP contribution in [0, 0.1) is 6.92 Å². The standard InChI is InChI=1S/C16H19N3OS/c1-11-8-13(17)2-3-14(11)18-16(20)10-19-6-4-15-12(9-19)5-7-21-15/h2-3,5,7-8H,4,6,9-10,17H2,1H3,(H,18,20). The van der Waals surface area contributed by atoms with Gasteiger partial charge in [-0.1, -0.05) is 0 Å². The molecule has 21 heavy (non-hydrogen) atoms. The molecule has 3 rings (SSSR count). The molecule has 0 bridgehead atoms. The van der Waals surface area contributed by atoms with Gasteiger partial charge in [0.15, 0.2) is 0 Å². The van der Waals surface area contributed by atoms with Crippen LogP contribution in [0.2, 0.25) is 0 Å². The number of aryl methyl sites for hydroxylation is 1. The zero-order valence-corrected chi connectivity index (χ0v) is 12.9. The summed E-state index contributed by atoms with van der Waals surface area (Å²) in [5.41, 5.74) is 9.62. The number of nitrogens with two attached hydrogens (primary N) is 1. The van der Waals surface area contributed by atoms with Gasteiger partial charge in [-0.05, 0) is 54.1 Å². The number of nitrogens with one attached hydrogen (secondary N) is 1. The zero-order chi connectivity index (χ0) is 14.8. The molecule has 1 aliphatic heterocycles. The number of fused-ring (bicyclic) bond motifs is 1. The summed E-state index contributed by atoms with van der Waals surface area (Å²) in [6.07, 6.45) is 1.04. The molecular weight excluding hydrogens is 282 g/mol. The van der Waals surface area contributed by atoms with Crippen molar-refractivity contribution in [2.45, 2.75) is 19.9 Å². The molecule has 5 heteroatoms. The van der Waals surface area contributed by atoms with E-state index < -0.39 is 0 Å². The van der Waals surface area contributed by atoms with E-state index in [4.69, 9.17) is 5.73 Å². The van der Waals surface area contributed by atoms with E-state index in [0.717, 1.165) is 30.8 Å². The minimum Gasteiger partial charge on any atom is -0.399 e. The van der Waals surface area contributed by atoms with Crippen molar-refractivity contribution in [3.63, 3.8) is 0 Å². The normalized spacial score (nSPS) is 14.7. The van der Waals surface area contributed by atoms with Gasteiger partial charge in [0.2, 0.25) is 5.91 Å². The third kappa shape index (κ3) is 3.25. The van der Waals surface area contributed by atoms with Gasteiger partial charge in [-0.15, -0.1) is 11.3 Å². The summed E-state index contributed by atoms with van der Waals surface area (Å²) in [4.78, 5) is 15.8. The lowest BCUT2D eigenvalue weighted by atomic mass is 10.1. The molecule has 0 saturated carbocycles. The van der Waals surface area contributed by atoms with E-state index >= 15 is 0 Å². The number of carbonyl (C=O) groups is 1. The molecule has 3 N–H and O–H groups in total. The molecule has 1 aromatic heterocycles. The number of nitrogens with zero attached hydrogens (tertiary/aromatic N) is 1. The van der Waals surface area contributed by atoms with Gasteiger partial charge in [0.1, 0.15) is 0 Å². The first kappa shape index (κ1) is 14.1. The number of anilines is 2. The van der Waals surface area contributed by atoms with Crippen LogP contribution >= 0.6 is 11.3 Å². The van der Waals surface area contributed by atoms with Crippen LogP contribution in [-0.2, 0) is 17.8 Å². The summed E-state index contributed by atoms with van der Waals surface area (Å²) in [5.74, 6) is 0.0292. The lowest BCUT2D eigenvalue weighted by Crippen LogP contribution is -2.36. The fraction of sp³-hybridized carbons (Fsp3) is 0.312. The van der Waals surface area contributed by atoms with Gasteiger partial charge in [0.25, 0.3) is 0 Å². The van der Waals surface area contributed by atoms with E-state index in [1.807, 2.05) is 30.4 Å². The Hall–Kier alpha value is -1.85. The van der Waals surface area contributed by atoms with Gasteiger partial charge in [0.05, 0.1) is 6.54 Å². The monoisotopic (exact) mass is 301 g/mol. The first-order valence-electron chi connectivity index (χ1n) is 7.05. The van der Waals surface area contributed by atoms with Crippen LogP contribution in [0.3, 0.4) is 0 Å². The number of thiophene rings is 1. The van der Waals surface area contributed by atoms with Crippen LogP contribution in [0.5, 0.6) is 0 Å². The van der Waals surface area contributed by atoms with Gasteiger partial charge in [-0.2, -0.15) is 0 Å². The van der Waals surface area contributed by atoms with Crippen LogP contribution in [0.25, 0.3) is 0 Å². The van der Waals surface area contributed by atoms with Gasteiger partial charge in [-0.3, -0.25) is 9.69 Å². The van der Waals surface area contributed by atoms with Crippen LogP contribution in [-0.4, -0.2) is 23.9 Å². The third-order valence-electron chi connectivity index (χ3n) is 3.78. The number of benzene rings is 1. The second-order valence-corrected chi connectivity index (χ2v) is 6.45. The molecule has 4 nitrogen and oxygen atoms in total. The SMILES string of the molecule is Cc1cc(N)ccc1NC(=O)CN1CCc2sccc2C1. The number of nitrogen functional groups attached to an aromatic ring is 1. The fourth-order valence-corrected chi connectivity index (χ4v) is 3.55. The third-order valence-corrected chi connectivity index (χ3v) is 4.80. The Bertz CT molecular complexity index is 665. The Morgan fingerprint density at radius 3 is 3.10 bits per heavy atom. The smallest absolute Gasteiger partial charge is 0.238 e. The fourth-order valence-electron chi connectivity index (χ4n) is 2.66. The average Bonchev–Trinajstić information content (AvgIpc) is 2.89. The summed E-state index contributed by atoms with van der Waals surface area (Å²) in [6.45, 7) is 4.19. The van der Waals surface area contributed by atoms with Gasteiger partial charge in [-0.25, -0.2) is 0 Å². The molecule has 1 aliphatic rings. The van der Waals surface area contributed by atoms with Crippen LogP contribution in [0.1, 0.15) is 16.0 Å². The summed E-state index contributed by atoms with van der Waals surface area (Å²) in [5, 5.41) is 5.10. The van der Waals surface area contributed by atoms with Crippen LogP contribution < -0.4 is 11.1 Å². The topological polar surface area (TPSA) is 58.4 Å². The first-order valence-corrected chi connectivity index (χ1v) is 7.93. The average molecular weight is 301 g/mol. The Kier molecular flexibility index (Phi) is 3.94. The van der Waals surface area contributed by atoms with E-state index in [1.54, 1.807) is 6.07 Å². The maximum Gasteiger partial charge on any atom is 0.238 e. The molecule has 2 aromatic rings. The van der Waals surface area contributed by atoms with Crippen molar-refractivity contribution in [3.05, 3.63) is 45.6 Å². The number of amides is 1. The predicted molar refractivity (Wildman–Crippen MR) is 87.5 cm³/mol. The molecule has 0 spiro atoms. The summed E-state index contributed by atoms with van der Waals surface area (Å²) < 4.78 is 0. The largest absolute Gasteiger partial charge is 0.399 e. The highest BCUT2D eigenvalue weighted by molar-refractivity contribution is 7.10. The second kappa shape index (κ2) is 5.87. The maximum atomic E-state index is 12.2. The predicted octanol–water partition coefficient (Wildman–Crippen LogP) is 2.64. The Balaban J connectivity index is 1.60. The van der Waals surface area contributed by atoms with E-state index in [0.29, 0.717) is 12.2 Å². The van der Waals surface area contributed by atoms with Crippen LogP contribution in [0.15, 0.2) is 29.6 Å². The first-order chi connectivity index (χ1) is 10.1. The van der Waals surface area contributed by atoms with Crippen molar-refractivity contribution in [1.29, 1.82) is 0 Å². The maximum absolute atomic E-state index is 12.2. The van der Waals surface area contributed by atoms with Crippen molar-refractivity contribution in [3.8, 4) is 0 Å². The molecule has 0 unspecified atom stereocenters. The summed E-state index contributed by atoms with van der Waals surface area (Å²) >= 11 is 1.81. The minimum absolute atomic E-state index is 0.0292. The number of hydrogen-bond donors (Lipinski definition) is 2.